The van der Waals surface area contributed by atoms with E-state index in [4.69, 9.17) is 12.2 Å². The van der Waals surface area contributed by atoms with E-state index < -0.39 is 18.1 Å². The van der Waals surface area contributed by atoms with Crippen LogP contribution in [0.3, 0.4) is 0 Å². The van der Waals surface area contributed by atoms with Gasteiger partial charge in [0, 0.05) is 36.5 Å². The van der Waals surface area contributed by atoms with Gasteiger partial charge in [-0.25, -0.2) is 0 Å². The number of rotatable bonds is 6. The van der Waals surface area contributed by atoms with Crippen molar-refractivity contribution in [2.24, 2.45) is 0 Å². The number of alkyl halides is 3. The van der Waals surface area contributed by atoms with Gasteiger partial charge in [0.1, 0.15) is 6.04 Å². The van der Waals surface area contributed by atoms with Crippen LogP contribution in [0.1, 0.15) is 22.1 Å². The molecule has 0 aliphatic rings. The van der Waals surface area contributed by atoms with Crippen molar-refractivity contribution in [1.82, 2.24) is 14.9 Å². The van der Waals surface area contributed by atoms with Crippen molar-refractivity contribution in [1.29, 1.82) is 0 Å². The first kappa shape index (κ1) is 23.4. The summed E-state index contributed by atoms with van der Waals surface area (Å²) in [5, 5.41) is 12.7. The second-order valence-corrected chi connectivity index (χ2v) is 7.90. The predicted molar refractivity (Wildman–Crippen MR) is 123 cm³/mol. The Hall–Kier alpha value is -3.25. The number of nitrogens with one attached hydrogen (secondary N) is 3. The fourth-order valence-electron chi connectivity index (χ4n) is 2.73. The van der Waals surface area contributed by atoms with Gasteiger partial charge in [-0.05, 0) is 65.7 Å². The minimum atomic E-state index is -4.56. The summed E-state index contributed by atoms with van der Waals surface area (Å²) in [6.45, 7) is 0. The number of anilines is 3. The van der Waals surface area contributed by atoms with Crippen LogP contribution in [0.25, 0.3) is 0 Å². The Kier molecular flexibility index (Phi) is 7.26. The van der Waals surface area contributed by atoms with E-state index in [1.165, 1.54) is 17.5 Å². The molecule has 168 valence electrons. The van der Waals surface area contributed by atoms with E-state index in [0.717, 1.165) is 11.5 Å². The molecule has 3 N–H and O–H groups in total. The van der Waals surface area contributed by atoms with E-state index in [-0.39, 0.29) is 16.4 Å². The summed E-state index contributed by atoms with van der Waals surface area (Å²) in [6, 6.07) is 10.5. The second kappa shape index (κ2) is 9.92. The van der Waals surface area contributed by atoms with Crippen LogP contribution in [0, 0.1) is 0 Å². The molecule has 1 aromatic heterocycles. The molecular weight excluding hydrogens is 461 g/mol. The fourth-order valence-corrected chi connectivity index (χ4v) is 3.40. The smallest absolute Gasteiger partial charge is 0.378 e. The lowest BCUT2D eigenvalue weighted by atomic mass is 10.1. The van der Waals surface area contributed by atoms with E-state index >= 15 is 0 Å². The summed E-state index contributed by atoms with van der Waals surface area (Å²) >= 11 is 6.16. The monoisotopic (exact) mass is 480 g/mol. The van der Waals surface area contributed by atoms with Gasteiger partial charge in [0.05, 0.1) is 0 Å². The molecule has 0 bridgehead atoms. The van der Waals surface area contributed by atoms with Gasteiger partial charge in [0.25, 0.3) is 5.91 Å². The third kappa shape index (κ3) is 6.14. The zero-order valence-corrected chi connectivity index (χ0v) is 18.6. The van der Waals surface area contributed by atoms with Crippen LogP contribution in [-0.4, -0.2) is 40.9 Å². The van der Waals surface area contributed by atoms with Crippen molar-refractivity contribution < 1.29 is 18.0 Å². The molecular formula is C20H19F3N6OS2. The first-order valence-corrected chi connectivity index (χ1v) is 10.5. The van der Waals surface area contributed by atoms with Gasteiger partial charge in [-0.1, -0.05) is 16.6 Å². The lowest BCUT2D eigenvalue weighted by molar-refractivity contribution is -0.153. The van der Waals surface area contributed by atoms with Crippen LogP contribution in [0.15, 0.2) is 53.9 Å². The van der Waals surface area contributed by atoms with Crippen LogP contribution in [-0.2, 0) is 0 Å². The molecule has 0 aliphatic heterocycles. The average Bonchev–Trinajstić information content (AvgIpc) is 3.28. The molecule has 32 heavy (non-hydrogen) atoms. The first-order valence-electron chi connectivity index (χ1n) is 9.23. The van der Waals surface area contributed by atoms with Crippen LogP contribution in [0.2, 0.25) is 0 Å². The number of thiocarbonyl (C=S) groups is 1. The maximum atomic E-state index is 13.7. The molecule has 12 heteroatoms. The minimum Gasteiger partial charge on any atom is -0.378 e. The number of aromatic nitrogens is 2. The summed E-state index contributed by atoms with van der Waals surface area (Å²) in [7, 11) is 3.50. The SMILES string of the molecule is CN(C)c1cccc(C(NC(=S)Nc2ccc(NC(=O)c3csnn3)cc2)C(F)(F)F)c1. The molecule has 1 heterocycles. The Morgan fingerprint density at radius 3 is 2.31 bits per heavy atom. The quantitative estimate of drug-likeness (QED) is 0.450. The predicted octanol–water partition coefficient (Wildman–Crippen LogP) is 4.45. The number of amides is 1. The summed E-state index contributed by atoms with van der Waals surface area (Å²) < 4.78 is 44.8. The number of hydrogen-bond donors (Lipinski definition) is 3. The van der Waals surface area contributed by atoms with Crippen LogP contribution >= 0.6 is 23.8 Å². The lowest BCUT2D eigenvalue weighted by Gasteiger charge is -2.25. The van der Waals surface area contributed by atoms with Crippen molar-refractivity contribution in [3.05, 3.63) is 65.2 Å². The van der Waals surface area contributed by atoms with Gasteiger partial charge in [0.2, 0.25) is 0 Å². The maximum Gasteiger partial charge on any atom is 0.412 e. The largest absolute Gasteiger partial charge is 0.412 e. The standard InChI is InChI=1S/C20H19F3N6OS2/c1-29(2)15-5-3-4-12(10-15)17(20(21,22)23)26-19(31)25-14-8-6-13(7-9-14)24-18(30)16-11-32-28-27-16/h3-11,17H,1-2H3,(H,24,30)(H2,25,26,31). The average molecular weight is 481 g/mol. The number of hydrogen-bond acceptors (Lipinski definition) is 6. The number of halogens is 3. The zero-order chi connectivity index (χ0) is 23.3. The summed E-state index contributed by atoms with van der Waals surface area (Å²) in [5.74, 6) is -0.412. The van der Waals surface area contributed by atoms with Crippen molar-refractivity contribution in [2.45, 2.75) is 12.2 Å². The molecule has 0 fully saturated rings. The van der Waals surface area contributed by atoms with Crippen molar-refractivity contribution >= 4 is 51.8 Å². The van der Waals surface area contributed by atoms with Gasteiger partial charge in [0.15, 0.2) is 10.8 Å². The molecule has 3 aromatic rings. The minimum absolute atomic E-state index is 0.0439. The van der Waals surface area contributed by atoms with Gasteiger partial charge >= 0.3 is 6.18 Å². The van der Waals surface area contributed by atoms with E-state index in [9.17, 15) is 18.0 Å². The molecule has 0 saturated carbocycles. The van der Waals surface area contributed by atoms with E-state index in [2.05, 4.69) is 25.5 Å². The Morgan fingerprint density at radius 1 is 1.09 bits per heavy atom. The third-order valence-electron chi connectivity index (χ3n) is 4.32. The molecule has 0 radical (unpaired) electrons. The number of carbonyl (C=O) groups is 1. The Balaban J connectivity index is 1.66. The van der Waals surface area contributed by atoms with Crippen LogP contribution in [0.5, 0.6) is 0 Å². The van der Waals surface area contributed by atoms with Gasteiger partial charge < -0.3 is 20.9 Å². The molecule has 0 saturated heterocycles. The second-order valence-electron chi connectivity index (χ2n) is 6.88. The first-order chi connectivity index (χ1) is 15.1. The van der Waals surface area contributed by atoms with E-state index in [1.54, 1.807) is 55.4 Å². The molecule has 7 nitrogen and oxygen atoms in total. The molecule has 0 spiro atoms. The summed E-state index contributed by atoms with van der Waals surface area (Å²) in [4.78, 5) is 13.7. The zero-order valence-electron chi connectivity index (χ0n) is 17.0. The molecule has 1 amide bonds. The van der Waals surface area contributed by atoms with Gasteiger partial charge in [-0.2, -0.15) is 13.2 Å². The Labute approximate surface area is 191 Å². The highest BCUT2D eigenvalue weighted by molar-refractivity contribution is 7.80. The normalized spacial score (nSPS) is 12.0. The molecule has 2 aromatic carbocycles. The molecule has 0 aliphatic carbocycles. The topological polar surface area (TPSA) is 82.2 Å². The number of nitrogens with zero attached hydrogens (tertiary/aromatic N) is 3. The number of carbonyl (C=O) groups excluding carboxylic acids is 1. The molecule has 3 rings (SSSR count). The van der Waals surface area contributed by atoms with Crippen molar-refractivity contribution in [3.8, 4) is 0 Å². The fraction of sp³-hybridized carbons (Fsp3) is 0.200. The summed E-state index contributed by atoms with van der Waals surface area (Å²) in [6.07, 6.45) is -4.56. The highest BCUT2D eigenvalue weighted by Crippen LogP contribution is 2.34. The highest BCUT2D eigenvalue weighted by atomic mass is 32.1. The Morgan fingerprint density at radius 2 is 1.75 bits per heavy atom. The van der Waals surface area contributed by atoms with E-state index in [0.29, 0.717) is 17.1 Å². The Bertz CT molecular complexity index is 1070. The lowest BCUT2D eigenvalue weighted by Crippen LogP contribution is -2.40. The van der Waals surface area contributed by atoms with Crippen LogP contribution in [0.4, 0.5) is 30.2 Å². The highest BCUT2D eigenvalue weighted by Gasteiger charge is 2.41. The van der Waals surface area contributed by atoms with Gasteiger partial charge in [-0.15, -0.1) is 5.10 Å². The summed E-state index contributed by atoms with van der Waals surface area (Å²) in [5.41, 5.74) is 1.82. The molecule has 1 unspecified atom stereocenters. The maximum absolute atomic E-state index is 13.7. The number of benzene rings is 2. The molecule has 1 atom stereocenters. The van der Waals surface area contributed by atoms with Crippen molar-refractivity contribution in [2.75, 3.05) is 29.6 Å². The third-order valence-corrected chi connectivity index (χ3v) is 5.04. The van der Waals surface area contributed by atoms with E-state index in [1.807, 2.05) is 0 Å². The van der Waals surface area contributed by atoms with Crippen molar-refractivity contribution in [3.63, 3.8) is 0 Å². The van der Waals surface area contributed by atoms with Gasteiger partial charge in [-0.3, -0.25) is 4.79 Å². The van der Waals surface area contributed by atoms with Crippen LogP contribution < -0.4 is 20.9 Å².